The molecule has 0 aliphatic carbocycles. The SMILES string of the molecule is C=CC[C@@H]1COC(C)(C)N1C(=O)OC(C)(C)C. The highest BCUT2D eigenvalue weighted by Gasteiger charge is 2.44. The third kappa shape index (κ3) is 3.46. The fourth-order valence-electron chi connectivity index (χ4n) is 1.93. The highest BCUT2D eigenvalue weighted by Crippen LogP contribution is 2.30. The largest absolute Gasteiger partial charge is 0.444 e. The zero-order valence-corrected chi connectivity index (χ0v) is 11.4. The molecule has 0 aromatic carbocycles. The summed E-state index contributed by atoms with van der Waals surface area (Å²) in [6.07, 6.45) is 2.18. The van der Waals surface area contributed by atoms with Crippen LogP contribution in [0.2, 0.25) is 0 Å². The van der Waals surface area contributed by atoms with Gasteiger partial charge in [0, 0.05) is 0 Å². The van der Waals surface area contributed by atoms with E-state index < -0.39 is 11.3 Å². The van der Waals surface area contributed by atoms with E-state index in [1.807, 2.05) is 34.6 Å². The summed E-state index contributed by atoms with van der Waals surface area (Å²) in [5, 5.41) is 0. The maximum Gasteiger partial charge on any atom is 0.412 e. The van der Waals surface area contributed by atoms with Gasteiger partial charge in [0.15, 0.2) is 0 Å². The molecular formula is C13H23NO3. The first-order valence-corrected chi connectivity index (χ1v) is 5.94. The van der Waals surface area contributed by atoms with Gasteiger partial charge in [-0.15, -0.1) is 6.58 Å². The van der Waals surface area contributed by atoms with E-state index in [9.17, 15) is 4.79 Å². The van der Waals surface area contributed by atoms with E-state index in [-0.39, 0.29) is 12.1 Å². The number of nitrogens with zero attached hydrogens (tertiary/aromatic N) is 1. The smallest absolute Gasteiger partial charge is 0.412 e. The van der Waals surface area contributed by atoms with Gasteiger partial charge in [0.05, 0.1) is 12.6 Å². The Morgan fingerprint density at radius 1 is 1.59 bits per heavy atom. The van der Waals surface area contributed by atoms with Crippen LogP contribution in [-0.2, 0) is 9.47 Å². The standard InChI is InChI=1S/C13H23NO3/c1-7-8-10-9-16-13(5,6)14(10)11(15)17-12(2,3)4/h7,10H,1,8-9H2,2-6H3/t10-/m1/s1. The molecule has 1 aliphatic heterocycles. The van der Waals surface area contributed by atoms with Crippen LogP contribution in [0.3, 0.4) is 0 Å². The normalized spacial score (nSPS) is 23.6. The van der Waals surface area contributed by atoms with Crippen LogP contribution in [0, 0.1) is 0 Å². The van der Waals surface area contributed by atoms with Gasteiger partial charge < -0.3 is 9.47 Å². The molecule has 0 unspecified atom stereocenters. The average Bonchev–Trinajstić information content (AvgIpc) is 2.39. The highest BCUT2D eigenvalue weighted by molar-refractivity contribution is 5.69. The van der Waals surface area contributed by atoms with E-state index in [0.29, 0.717) is 13.0 Å². The molecule has 1 saturated heterocycles. The molecule has 0 bridgehead atoms. The second-order valence-electron chi connectivity index (χ2n) is 5.79. The Balaban J connectivity index is 2.82. The molecule has 0 saturated carbocycles. The summed E-state index contributed by atoms with van der Waals surface area (Å²) < 4.78 is 11.0. The molecule has 1 atom stereocenters. The van der Waals surface area contributed by atoms with Crippen LogP contribution in [-0.4, -0.2) is 35.0 Å². The van der Waals surface area contributed by atoms with Crippen molar-refractivity contribution in [1.29, 1.82) is 0 Å². The van der Waals surface area contributed by atoms with Gasteiger partial charge in [-0.1, -0.05) is 6.08 Å². The lowest BCUT2D eigenvalue weighted by Gasteiger charge is -2.34. The maximum atomic E-state index is 12.2. The Labute approximate surface area is 104 Å². The van der Waals surface area contributed by atoms with Crippen molar-refractivity contribution in [3.8, 4) is 0 Å². The van der Waals surface area contributed by atoms with E-state index in [2.05, 4.69) is 6.58 Å². The number of hydrogen-bond donors (Lipinski definition) is 0. The first-order valence-electron chi connectivity index (χ1n) is 5.94. The summed E-state index contributed by atoms with van der Waals surface area (Å²) in [5.74, 6) is 0. The Bertz CT molecular complexity index is 304. The monoisotopic (exact) mass is 241 g/mol. The minimum atomic E-state index is -0.615. The summed E-state index contributed by atoms with van der Waals surface area (Å²) >= 11 is 0. The Hall–Kier alpha value is -1.03. The van der Waals surface area contributed by atoms with E-state index in [0.717, 1.165) is 0 Å². The predicted octanol–water partition coefficient (Wildman–Crippen LogP) is 2.93. The fraction of sp³-hybridized carbons (Fsp3) is 0.769. The first-order chi connectivity index (χ1) is 7.67. The van der Waals surface area contributed by atoms with Crippen molar-refractivity contribution in [2.24, 2.45) is 0 Å². The first kappa shape index (κ1) is 14.0. The summed E-state index contributed by atoms with van der Waals surface area (Å²) in [6.45, 7) is 13.6. The summed E-state index contributed by atoms with van der Waals surface area (Å²) in [7, 11) is 0. The lowest BCUT2D eigenvalue weighted by atomic mass is 10.1. The lowest BCUT2D eigenvalue weighted by molar-refractivity contribution is -0.0623. The van der Waals surface area contributed by atoms with E-state index >= 15 is 0 Å². The van der Waals surface area contributed by atoms with Gasteiger partial charge in [0.1, 0.15) is 11.3 Å². The van der Waals surface area contributed by atoms with Gasteiger partial charge in [-0.05, 0) is 41.0 Å². The second kappa shape index (κ2) is 4.69. The molecule has 0 spiro atoms. The highest BCUT2D eigenvalue weighted by atomic mass is 16.6. The van der Waals surface area contributed by atoms with Gasteiger partial charge in [-0.3, -0.25) is 4.90 Å². The van der Waals surface area contributed by atoms with E-state index in [1.54, 1.807) is 11.0 Å². The van der Waals surface area contributed by atoms with Gasteiger partial charge in [-0.2, -0.15) is 0 Å². The minimum Gasteiger partial charge on any atom is -0.444 e. The molecule has 4 heteroatoms. The van der Waals surface area contributed by atoms with Crippen LogP contribution in [0.25, 0.3) is 0 Å². The molecule has 1 amide bonds. The van der Waals surface area contributed by atoms with Crippen molar-refractivity contribution in [2.45, 2.75) is 58.4 Å². The van der Waals surface area contributed by atoms with Gasteiger partial charge in [0.25, 0.3) is 0 Å². The van der Waals surface area contributed by atoms with Crippen molar-refractivity contribution in [2.75, 3.05) is 6.61 Å². The maximum absolute atomic E-state index is 12.2. The summed E-state index contributed by atoms with van der Waals surface area (Å²) in [5.41, 5.74) is -1.11. The molecule has 0 aromatic rings. The van der Waals surface area contributed by atoms with Crippen molar-refractivity contribution in [3.05, 3.63) is 12.7 Å². The second-order valence-corrected chi connectivity index (χ2v) is 5.79. The third-order valence-corrected chi connectivity index (χ3v) is 2.60. The summed E-state index contributed by atoms with van der Waals surface area (Å²) in [6, 6.07) is 0.0114. The predicted molar refractivity (Wildman–Crippen MR) is 66.7 cm³/mol. The van der Waals surface area contributed by atoms with Crippen LogP contribution >= 0.6 is 0 Å². The number of rotatable bonds is 2. The van der Waals surface area contributed by atoms with Crippen LogP contribution in [0.15, 0.2) is 12.7 Å². The Kier molecular flexibility index (Phi) is 3.87. The summed E-state index contributed by atoms with van der Waals surface area (Å²) in [4.78, 5) is 13.8. The van der Waals surface area contributed by atoms with Crippen molar-refractivity contribution in [3.63, 3.8) is 0 Å². The third-order valence-electron chi connectivity index (χ3n) is 2.60. The quantitative estimate of drug-likeness (QED) is 0.698. The molecule has 98 valence electrons. The topological polar surface area (TPSA) is 38.8 Å². The molecular weight excluding hydrogens is 218 g/mol. The van der Waals surface area contributed by atoms with Crippen LogP contribution in [0.1, 0.15) is 41.0 Å². The average molecular weight is 241 g/mol. The molecule has 17 heavy (non-hydrogen) atoms. The Morgan fingerprint density at radius 2 is 2.18 bits per heavy atom. The molecule has 0 radical (unpaired) electrons. The molecule has 0 N–H and O–H groups in total. The van der Waals surface area contributed by atoms with Crippen molar-refractivity contribution >= 4 is 6.09 Å². The number of amides is 1. The molecule has 1 heterocycles. The van der Waals surface area contributed by atoms with Crippen molar-refractivity contribution in [1.82, 2.24) is 4.90 Å². The Morgan fingerprint density at radius 3 is 2.65 bits per heavy atom. The zero-order chi connectivity index (χ0) is 13.3. The van der Waals surface area contributed by atoms with Gasteiger partial charge in [0.2, 0.25) is 0 Å². The van der Waals surface area contributed by atoms with Gasteiger partial charge in [-0.25, -0.2) is 4.79 Å². The molecule has 1 fully saturated rings. The van der Waals surface area contributed by atoms with Gasteiger partial charge >= 0.3 is 6.09 Å². The van der Waals surface area contributed by atoms with Crippen LogP contribution in [0.4, 0.5) is 4.79 Å². The van der Waals surface area contributed by atoms with E-state index in [4.69, 9.17) is 9.47 Å². The number of hydrogen-bond acceptors (Lipinski definition) is 3. The van der Waals surface area contributed by atoms with Crippen LogP contribution < -0.4 is 0 Å². The number of carbonyl (C=O) groups is 1. The lowest BCUT2D eigenvalue weighted by Crippen LogP contribution is -2.49. The number of carbonyl (C=O) groups excluding carboxylic acids is 1. The fourth-order valence-corrected chi connectivity index (χ4v) is 1.93. The molecule has 0 aromatic heterocycles. The van der Waals surface area contributed by atoms with Crippen LogP contribution in [0.5, 0.6) is 0 Å². The molecule has 4 nitrogen and oxygen atoms in total. The molecule has 1 rings (SSSR count). The molecule has 1 aliphatic rings. The minimum absolute atomic E-state index is 0.0114. The van der Waals surface area contributed by atoms with Crippen molar-refractivity contribution < 1.29 is 14.3 Å². The zero-order valence-electron chi connectivity index (χ0n) is 11.4. The number of ether oxygens (including phenoxy) is 2. The van der Waals surface area contributed by atoms with E-state index in [1.165, 1.54) is 0 Å².